The van der Waals surface area contributed by atoms with Gasteiger partial charge >= 0.3 is 12.4 Å². The summed E-state index contributed by atoms with van der Waals surface area (Å²) in [5, 5.41) is 3.24. The van der Waals surface area contributed by atoms with Crippen LogP contribution in [0.1, 0.15) is 151 Å². The molecule has 0 saturated carbocycles. The number of benzene rings is 4. The van der Waals surface area contributed by atoms with Gasteiger partial charge in [0.05, 0.1) is 71.8 Å². The standard InChI is InChI=1S/C36H45F4N5O3.C35H43F4N5O3.CH3Br/c1-6-48-28-12-10-27(11-13-28)45-33(41-34-29(35(45)47)8-7-17-42(34)5)24(4)44(22-25-15-18-43(19-16-25)23(2)3)32(46)21-26-9-14-31(37)30(20-26)36(38,39)40;1-5-47-27-11-9-26(10-12-27)44-33(41-32-28(34(44)46)7-6-16-40-32)23(4)43(21-24-14-17-42(18-15-24)22(2)3)31(45)20-25-8-13-30(36)29(19-25)35(37,38)39;1-2/h9-14,20,23-25H,6-8,15-19,21-22H2,1-5H3;8-13,19,22-24,40H,5-7,14-18,20-21H2,1-4H3;1H3/t24-;23-;/m11./s1. The number of anilines is 2. The van der Waals surface area contributed by atoms with E-state index < -0.39 is 59.0 Å². The number of ether oxygens (including phenoxy) is 2. The van der Waals surface area contributed by atoms with Gasteiger partial charge in [0.2, 0.25) is 11.8 Å². The quantitative estimate of drug-likeness (QED) is 0.0572. The lowest BCUT2D eigenvalue weighted by molar-refractivity contribution is -0.141. The second kappa shape index (κ2) is 33.4. The van der Waals surface area contributed by atoms with Crippen molar-refractivity contribution in [3.8, 4) is 22.9 Å². The molecule has 2 atom stereocenters. The lowest BCUT2D eigenvalue weighted by Gasteiger charge is -2.39. The molecule has 1 N–H and O–H groups in total. The van der Waals surface area contributed by atoms with Crippen molar-refractivity contribution in [1.29, 1.82) is 0 Å². The minimum absolute atomic E-state index is 0.0551. The van der Waals surface area contributed by atoms with E-state index in [2.05, 4.69) is 58.7 Å². The maximum absolute atomic E-state index is 14.2. The molecule has 0 aliphatic carbocycles. The Bertz CT molecular complexity index is 3760. The molecule has 10 rings (SSSR count). The third kappa shape index (κ3) is 18.5. The molecule has 528 valence electrons. The fraction of sp³-hybridized carbons (Fsp3) is 0.528. The van der Waals surface area contributed by atoms with Gasteiger partial charge in [0, 0.05) is 45.3 Å². The first-order chi connectivity index (χ1) is 46.1. The molecule has 0 spiro atoms. The minimum atomic E-state index is -4.90. The van der Waals surface area contributed by atoms with Crippen LogP contribution in [-0.4, -0.2) is 141 Å². The number of rotatable bonds is 20. The summed E-state index contributed by atoms with van der Waals surface area (Å²) in [6.07, 6.45) is -4.44. The maximum Gasteiger partial charge on any atom is 0.419 e. The summed E-state index contributed by atoms with van der Waals surface area (Å²) in [5.74, 6) is 1.51. The van der Waals surface area contributed by atoms with Crippen LogP contribution in [0.2, 0.25) is 0 Å². The molecular weight excluding hydrogens is 1330 g/mol. The summed E-state index contributed by atoms with van der Waals surface area (Å²) >= 11 is 2.94. The molecule has 2 aromatic heterocycles. The zero-order valence-electron chi connectivity index (χ0n) is 57.1. The van der Waals surface area contributed by atoms with Crippen LogP contribution in [0.5, 0.6) is 11.5 Å². The molecular formula is C72H91BrF8N10O6. The van der Waals surface area contributed by atoms with Crippen molar-refractivity contribution in [2.24, 2.45) is 11.8 Å². The van der Waals surface area contributed by atoms with Crippen molar-refractivity contribution >= 4 is 39.4 Å². The van der Waals surface area contributed by atoms with Gasteiger partial charge < -0.3 is 39.3 Å². The molecule has 2 saturated heterocycles. The third-order valence-electron chi connectivity index (χ3n) is 18.7. The summed E-state index contributed by atoms with van der Waals surface area (Å²) in [6, 6.07) is 18.9. The van der Waals surface area contributed by atoms with Crippen molar-refractivity contribution in [3.63, 3.8) is 0 Å². The van der Waals surface area contributed by atoms with E-state index in [4.69, 9.17) is 19.4 Å². The van der Waals surface area contributed by atoms with E-state index in [9.17, 15) is 54.3 Å². The van der Waals surface area contributed by atoms with Crippen molar-refractivity contribution in [2.45, 2.75) is 156 Å². The van der Waals surface area contributed by atoms with Crippen LogP contribution < -0.4 is 30.8 Å². The zero-order chi connectivity index (χ0) is 70.6. The average molecular weight is 1420 g/mol. The van der Waals surface area contributed by atoms with Crippen molar-refractivity contribution in [3.05, 3.63) is 162 Å². The number of hydrogen-bond donors (Lipinski definition) is 1. The molecule has 2 fully saturated rings. The van der Waals surface area contributed by atoms with Crippen LogP contribution in [-0.2, 0) is 47.6 Å². The third-order valence-corrected chi connectivity index (χ3v) is 18.7. The monoisotopic (exact) mass is 1420 g/mol. The molecule has 4 aromatic carbocycles. The summed E-state index contributed by atoms with van der Waals surface area (Å²) < 4.78 is 124. The predicted molar refractivity (Wildman–Crippen MR) is 365 cm³/mol. The minimum Gasteiger partial charge on any atom is -0.494 e. The number of carbonyl (C=O) groups is 2. The van der Waals surface area contributed by atoms with Crippen LogP contribution in [0, 0.1) is 23.5 Å². The van der Waals surface area contributed by atoms with Gasteiger partial charge in [-0.2, -0.15) is 26.3 Å². The molecule has 0 bridgehead atoms. The highest BCUT2D eigenvalue weighted by atomic mass is 79.9. The van der Waals surface area contributed by atoms with Crippen molar-refractivity contribution < 1.29 is 54.2 Å². The molecule has 16 nitrogen and oxygen atoms in total. The Morgan fingerprint density at radius 2 is 0.990 bits per heavy atom. The first-order valence-corrected chi connectivity index (χ1v) is 35.1. The van der Waals surface area contributed by atoms with Gasteiger partial charge in [-0.1, -0.05) is 28.1 Å². The molecule has 0 radical (unpaired) electrons. The van der Waals surface area contributed by atoms with Gasteiger partial charge in [-0.3, -0.25) is 28.3 Å². The van der Waals surface area contributed by atoms with E-state index in [0.717, 1.165) is 83.4 Å². The van der Waals surface area contributed by atoms with Crippen LogP contribution >= 0.6 is 15.9 Å². The fourth-order valence-corrected chi connectivity index (χ4v) is 13.3. The smallest absolute Gasteiger partial charge is 0.419 e. The summed E-state index contributed by atoms with van der Waals surface area (Å²) in [5.41, 5.74) is -0.867. The fourth-order valence-electron chi connectivity index (χ4n) is 13.3. The van der Waals surface area contributed by atoms with Crippen molar-refractivity contribution in [1.82, 2.24) is 38.7 Å². The van der Waals surface area contributed by atoms with Gasteiger partial charge in [0.15, 0.2) is 0 Å². The summed E-state index contributed by atoms with van der Waals surface area (Å²) in [6.45, 7) is 22.5. The lowest BCUT2D eigenvalue weighted by atomic mass is 9.94. The first kappa shape index (κ1) is 75.4. The molecule has 2 amide bonds. The SMILES string of the molecule is CBr.CCOc1ccc(-n2c([C@@H](C)N(CC3CCN(C(C)C)CC3)C(=O)Cc3ccc(F)c(C(F)(F)F)c3)nc3c(c2=O)CCCN3)cc1.CCOc1ccc(-n2c([C@@H](C)N(CC3CCN(C(C)C)CC3)C(=O)Cc3ccc(F)c(C(F)(F)F)c3)nc3c(c2=O)CCCN3C)cc1. The second-order valence-electron chi connectivity index (χ2n) is 25.8. The van der Waals surface area contributed by atoms with E-state index in [1.807, 2.05) is 38.6 Å². The topological polar surface area (TPSA) is 151 Å². The van der Waals surface area contributed by atoms with Gasteiger partial charge in [0.25, 0.3) is 11.1 Å². The Morgan fingerprint density at radius 1 is 0.588 bits per heavy atom. The lowest BCUT2D eigenvalue weighted by Crippen LogP contribution is -2.45. The van der Waals surface area contributed by atoms with Gasteiger partial charge in [-0.05, 0) is 235 Å². The number of aromatic nitrogens is 4. The van der Waals surface area contributed by atoms with Crippen LogP contribution in [0.3, 0.4) is 0 Å². The Morgan fingerprint density at radius 3 is 1.39 bits per heavy atom. The number of piperidine rings is 2. The molecule has 25 heteroatoms. The first-order valence-electron chi connectivity index (χ1n) is 33.5. The van der Waals surface area contributed by atoms with E-state index in [1.165, 1.54) is 16.7 Å². The number of alkyl halides is 7. The van der Waals surface area contributed by atoms with Crippen molar-refractivity contribution in [2.75, 3.05) is 88.7 Å². The Hall–Kier alpha value is -7.38. The number of nitrogens with one attached hydrogen (secondary N) is 1. The number of hydrogen-bond acceptors (Lipinski definition) is 12. The molecule has 4 aliphatic heterocycles. The van der Waals surface area contributed by atoms with Gasteiger partial charge in [0.1, 0.15) is 46.4 Å². The number of nitrogens with zero attached hydrogens (tertiary/aromatic N) is 9. The number of likely N-dealkylation sites (tertiary alicyclic amines) is 2. The van der Waals surface area contributed by atoms with E-state index in [-0.39, 0.29) is 46.9 Å². The number of carbonyl (C=O) groups excluding carboxylic acids is 2. The highest BCUT2D eigenvalue weighted by molar-refractivity contribution is 9.08. The Labute approximate surface area is 571 Å². The number of fused-ring (bicyclic) bond motifs is 2. The predicted octanol–water partition coefficient (Wildman–Crippen LogP) is 13.8. The van der Waals surface area contributed by atoms with E-state index in [0.29, 0.717) is 127 Å². The van der Waals surface area contributed by atoms with Gasteiger partial charge in [-0.25, -0.2) is 18.7 Å². The molecule has 0 unspecified atom stereocenters. The Kier molecular flexibility index (Phi) is 26.0. The molecule has 4 aliphatic rings. The van der Waals surface area contributed by atoms with Crippen LogP contribution in [0.4, 0.5) is 46.8 Å². The Balaban J connectivity index is 0.000000242. The number of amides is 2. The normalized spacial score (nSPS) is 16.2. The molecule has 6 aromatic rings. The summed E-state index contributed by atoms with van der Waals surface area (Å²) in [4.78, 5) is 76.7. The highest BCUT2D eigenvalue weighted by Gasteiger charge is 2.39. The molecule has 6 heterocycles. The van der Waals surface area contributed by atoms with Gasteiger partial charge in [-0.15, -0.1) is 0 Å². The largest absolute Gasteiger partial charge is 0.494 e. The van der Waals surface area contributed by atoms with E-state index >= 15 is 0 Å². The van der Waals surface area contributed by atoms with Crippen LogP contribution in [0.15, 0.2) is 94.5 Å². The van der Waals surface area contributed by atoms with E-state index in [1.54, 1.807) is 69.8 Å². The van der Waals surface area contributed by atoms with Crippen LogP contribution in [0.25, 0.3) is 11.4 Å². The zero-order valence-corrected chi connectivity index (χ0v) is 58.7. The maximum atomic E-state index is 14.2. The summed E-state index contributed by atoms with van der Waals surface area (Å²) in [7, 11) is 1.89. The molecule has 97 heavy (non-hydrogen) atoms. The average Bonchev–Trinajstić information content (AvgIpc) is 0.764. The highest BCUT2D eigenvalue weighted by Crippen LogP contribution is 2.37. The second-order valence-corrected chi connectivity index (χ2v) is 25.8. The number of halogens is 9.